The van der Waals surface area contributed by atoms with Crippen LogP contribution in [0.4, 0.5) is 0 Å². The molecule has 0 N–H and O–H groups in total. The third kappa shape index (κ3) is 4.40. The molecule has 2 unspecified atom stereocenters. The van der Waals surface area contributed by atoms with Gasteiger partial charge < -0.3 is 4.90 Å². The van der Waals surface area contributed by atoms with Gasteiger partial charge in [0.05, 0.1) is 5.92 Å². The van der Waals surface area contributed by atoms with Crippen molar-refractivity contribution in [3.63, 3.8) is 0 Å². The third-order valence-electron chi connectivity index (χ3n) is 7.45. The molecule has 0 aromatic heterocycles. The second-order valence-electron chi connectivity index (χ2n) is 9.73. The van der Waals surface area contributed by atoms with E-state index in [0.717, 1.165) is 38.2 Å². The predicted octanol–water partition coefficient (Wildman–Crippen LogP) is 5.91. The second kappa shape index (κ2) is 9.52. The maximum Gasteiger partial charge on any atom is 0.234 e. The van der Waals surface area contributed by atoms with Crippen LogP contribution in [0.3, 0.4) is 0 Å². The van der Waals surface area contributed by atoms with Crippen LogP contribution in [0, 0.1) is 0 Å². The zero-order chi connectivity index (χ0) is 23.6. The Morgan fingerprint density at radius 2 is 1.49 bits per heavy atom. The van der Waals surface area contributed by atoms with Crippen molar-refractivity contribution in [1.29, 1.82) is 0 Å². The van der Waals surface area contributed by atoms with Gasteiger partial charge >= 0.3 is 0 Å². The molecule has 35 heavy (non-hydrogen) atoms. The molecule has 1 heterocycles. The van der Waals surface area contributed by atoms with Crippen molar-refractivity contribution in [2.24, 2.45) is 0 Å². The molecule has 4 aromatic rings. The van der Waals surface area contributed by atoms with Crippen molar-refractivity contribution in [3.05, 3.63) is 125 Å². The highest BCUT2D eigenvalue weighted by Gasteiger charge is 2.35. The topological polar surface area (TPSA) is 23.6 Å². The Balaban J connectivity index is 1.29. The summed E-state index contributed by atoms with van der Waals surface area (Å²) >= 11 is 0. The molecule has 0 spiro atoms. The molecular formula is C32H30N2O. The fourth-order valence-electron chi connectivity index (χ4n) is 5.75. The fraction of sp³-hybridized carbons (Fsp3) is 0.219. The molecule has 3 nitrogen and oxygen atoms in total. The van der Waals surface area contributed by atoms with Crippen molar-refractivity contribution in [3.8, 4) is 0 Å². The van der Waals surface area contributed by atoms with Crippen LogP contribution in [-0.4, -0.2) is 41.4 Å². The molecule has 3 heteroatoms. The molecule has 0 bridgehead atoms. The van der Waals surface area contributed by atoms with Gasteiger partial charge in [0, 0.05) is 32.2 Å². The highest BCUT2D eigenvalue weighted by atomic mass is 16.2. The van der Waals surface area contributed by atoms with Crippen LogP contribution in [0.5, 0.6) is 0 Å². The molecular weight excluding hydrogens is 428 g/mol. The Kier molecular flexibility index (Phi) is 5.93. The van der Waals surface area contributed by atoms with Crippen LogP contribution in [0.1, 0.15) is 28.2 Å². The SMILES string of the molecule is O=C(C1C=Cc2cccc3cccc1c23)N1CCN(Cc2ccccc2)CC1Cc1ccccc1. The van der Waals surface area contributed by atoms with E-state index in [1.807, 2.05) is 0 Å². The molecule has 174 valence electrons. The van der Waals surface area contributed by atoms with Gasteiger partial charge in [-0.2, -0.15) is 0 Å². The smallest absolute Gasteiger partial charge is 0.234 e. The lowest BCUT2D eigenvalue weighted by atomic mass is 9.84. The summed E-state index contributed by atoms with van der Waals surface area (Å²) in [7, 11) is 0. The average molecular weight is 459 g/mol. The summed E-state index contributed by atoms with van der Waals surface area (Å²) in [4.78, 5) is 18.8. The minimum Gasteiger partial charge on any atom is -0.336 e. The summed E-state index contributed by atoms with van der Waals surface area (Å²) in [6.45, 7) is 3.45. The molecule has 1 amide bonds. The lowest BCUT2D eigenvalue weighted by Crippen LogP contribution is -2.56. The Bertz CT molecular complexity index is 1360. The molecule has 0 radical (unpaired) electrons. The van der Waals surface area contributed by atoms with E-state index < -0.39 is 0 Å². The first-order valence-electron chi connectivity index (χ1n) is 12.6. The molecule has 1 aliphatic heterocycles. The maximum absolute atomic E-state index is 14.1. The van der Waals surface area contributed by atoms with Gasteiger partial charge in [-0.05, 0) is 39.4 Å². The van der Waals surface area contributed by atoms with Crippen LogP contribution in [0.15, 0.2) is 103 Å². The zero-order valence-corrected chi connectivity index (χ0v) is 19.9. The Labute approximate surface area is 207 Å². The van der Waals surface area contributed by atoms with Crippen molar-refractivity contribution < 1.29 is 4.79 Å². The molecule has 2 atom stereocenters. The zero-order valence-electron chi connectivity index (χ0n) is 19.9. The largest absolute Gasteiger partial charge is 0.336 e. The number of hydrogen-bond acceptors (Lipinski definition) is 2. The number of rotatable bonds is 5. The van der Waals surface area contributed by atoms with Gasteiger partial charge in [-0.1, -0.05) is 109 Å². The van der Waals surface area contributed by atoms with Crippen LogP contribution in [0.25, 0.3) is 16.8 Å². The van der Waals surface area contributed by atoms with Crippen molar-refractivity contribution in [2.75, 3.05) is 19.6 Å². The van der Waals surface area contributed by atoms with Gasteiger partial charge in [0.1, 0.15) is 0 Å². The highest BCUT2D eigenvalue weighted by Crippen LogP contribution is 2.36. The lowest BCUT2D eigenvalue weighted by Gasteiger charge is -2.43. The summed E-state index contributed by atoms with van der Waals surface area (Å²) in [5, 5.41) is 2.42. The van der Waals surface area contributed by atoms with Crippen molar-refractivity contribution in [1.82, 2.24) is 9.80 Å². The quantitative estimate of drug-likeness (QED) is 0.371. The van der Waals surface area contributed by atoms with Gasteiger partial charge in [-0.3, -0.25) is 9.69 Å². The van der Waals surface area contributed by atoms with E-state index in [1.54, 1.807) is 0 Å². The average Bonchev–Trinajstić information content (AvgIpc) is 2.90. The standard InChI is InChI=1S/C32H30N2O/c35-32(30-18-17-27-14-7-13-26-15-8-16-29(30)31(26)27)34-20-19-33(22-25-11-5-2-6-12-25)23-28(34)21-24-9-3-1-4-10-24/h1-18,28,30H,19-23H2. The number of piperazine rings is 1. The summed E-state index contributed by atoms with van der Waals surface area (Å²) in [6, 6.07) is 34.1. The number of carbonyl (C=O) groups is 1. The van der Waals surface area contributed by atoms with E-state index in [2.05, 4.69) is 119 Å². The van der Waals surface area contributed by atoms with E-state index >= 15 is 0 Å². The summed E-state index contributed by atoms with van der Waals surface area (Å²) < 4.78 is 0. The molecule has 0 saturated carbocycles. The Morgan fingerprint density at radius 1 is 0.771 bits per heavy atom. The van der Waals surface area contributed by atoms with Crippen LogP contribution < -0.4 is 0 Å². The van der Waals surface area contributed by atoms with E-state index in [1.165, 1.54) is 27.5 Å². The minimum atomic E-state index is -0.229. The van der Waals surface area contributed by atoms with Crippen LogP contribution in [-0.2, 0) is 17.8 Å². The number of carbonyl (C=O) groups excluding carboxylic acids is 1. The molecule has 1 saturated heterocycles. The molecule has 2 aliphatic rings. The fourth-order valence-corrected chi connectivity index (χ4v) is 5.75. The lowest BCUT2D eigenvalue weighted by molar-refractivity contribution is -0.136. The number of amides is 1. The molecule has 1 aliphatic carbocycles. The van der Waals surface area contributed by atoms with E-state index in [0.29, 0.717) is 0 Å². The first-order valence-corrected chi connectivity index (χ1v) is 12.6. The van der Waals surface area contributed by atoms with E-state index in [-0.39, 0.29) is 17.9 Å². The summed E-state index contributed by atoms with van der Waals surface area (Å²) in [6.07, 6.45) is 5.11. The van der Waals surface area contributed by atoms with Gasteiger partial charge in [0.25, 0.3) is 0 Å². The summed E-state index contributed by atoms with van der Waals surface area (Å²) in [5.74, 6) is -0.00362. The monoisotopic (exact) mass is 458 g/mol. The number of benzene rings is 4. The molecule has 6 rings (SSSR count). The number of nitrogens with zero attached hydrogens (tertiary/aromatic N) is 2. The van der Waals surface area contributed by atoms with Crippen molar-refractivity contribution >= 4 is 22.8 Å². The highest BCUT2D eigenvalue weighted by molar-refractivity contribution is 6.01. The second-order valence-corrected chi connectivity index (χ2v) is 9.73. The molecule has 1 fully saturated rings. The Morgan fingerprint density at radius 3 is 2.26 bits per heavy atom. The van der Waals surface area contributed by atoms with Crippen molar-refractivity contribution in [2.45, 2.75) is 24.9 Å². The minimum absolute atomic E-state index is 0.145. The van der Waals surface area contributed by atoms with Gasteiger partial charge in [-0.25, -0.2) is 0 Å². The van der Waals surface area contributed by atoms with Crippen LogP contribution in [0.2, 0.25) is 0 Å². The van der Waals surface area contributed by atoms with Crippen LogP contribution >= 0.6 is 0 Å². The molecule has 4 aromatic carbocycles. The summed E-state index contributed by atoms with van der Waals surface area (Å²) in [5.41, 5.74) is 4.94. The van der Waals surface area contributed by atoms with Gasteiger partial charge in [-0.15, -0.1) is 0 Å². The normalized spacial score (nSPS) is 19.7. The Hall–Kier alpha value is -3.69. The van der Waals surface area contributed by atoms with Gasteiger partial charge in [0.2, 0.25) is 5.91 Å². The van der Waals surface area contributed by atoms with E-state index in [4.69, 9.17) is 0 Å². The first kappa shape index (κ1) is 21.8. The number of hydrogen-bond donors (Lipinski definition) is 0. The van der Waals surface area contributed by atoms with E-state index in [9.17, 15) is 4.79 Å². The predicted molar refractivity (Wildman–Crippen MR) is 143 cm³/mol. The van der Waals surface area contributed by atoms with Gasteiger partial charge in [0.15, 0.2) is 0 Å². The first-order chi connectivity index (χ1) is 17.3. The third-order valence-corrected chi connectivity index (χ3v) is 7.45. The maximum atomic E-state index is 14.1.